The van der Waals surface area contributed by atoms with Crippen molar-refractivity contribution in [2.45, 2.75) is 70.7 Å². The van der Waals surface area contributed by atoms with Gasteiger partial charge in [-0.25, -0.2) is 4.98 Å². The van der Waals surface area contributed by atoms with Crippen molar-refractivity contribution in [1.82, 2.24) is 9.55 Å². The van der Waals surface area contributed by atoms with Crippen LogP contribution in [0.1, 0.15) is 63.0 Å². The van der Waals surface area contributed by atoms with Crippen LogP contribution in [0.15, 0.2) is 30.5 Å². The molecule has 1 atom stereocenters. The third kappa shape index (κ3) is 4.61. The molecule has 1 aliphatic carbocycles. The van der Waals surface area contributed by atoms with E-state index in [1.54, 1.807) is 18.2 Å². The van der Waals surface area contributed by atoms with Gasteiger partial charge in [-0.1, -0.05) is 39.3 Å². The summed E-state index contributed by atoms with van der Waals surface area (Å²) in [5.74, 6) is 1.53. The first-order valence-electron chi connectivity index (χ1n) is 10.4. The lowest BCUT2D eigenvalue weighted by atomic mass is 9.72. The minimum Gasteiger partial charge on any atom is -0.411 e. The molecule has 7 heteroatoms. The monoisotopic (exact) mass is 415 g/mol. The Morgan fingerprint density at radius 3 is 2.59 bits per heavy atom. The van der Waals surface area contributed by atoms with E-state index in [-0.39, 0.29) is 21.6 Å². The van der Waals surface area contributed by atoms with Gasteiger partial charge in [0.1, 0.15) is 5.82 Å². The molecule has 6 nitrogen and oxygen atoms in total. The zero-order valence-electron chi connectivity index (χ0n) is 18.4. The van der Waals surface area contributed by atoms with E-state index < -0.39 is 8.32 Å². The molecule has 1 aromatic heterocycles. The number of rotatable bonds is 7. The lowest BCUT2D eigenvalue weighted by molar-refractivity contribution is -0.384. The van der Waals surface area contributed by atoms with Crippen LogP contribution < -0.4 is 0 Å². The average Bonchev–Trinajstić information content (AvgIpc) is 2.95. The maximum absolute atomic E-state index is 11.3. The topological polar surface area (TPSA) is 70.2 Å². The maximum atomic E-state index is 11.3. The van der Waals surface area contributed by atoms with E-state index in [1.165, 1.54) is 6.42 Å². The summed E-state index contributed by atoms with van der Waals surface area (Å²) in [7, 11) is 0.166. The average molecular weight is 416 g/mol. The van der Waals surface area contributed by atoms with Gasteiger partial charge < -0.3 is 8.99 Å². The van der Waals surface area contributed by atoms with Crippen molar-refractivity contribution < 1.29 is 9.35 Å². The SMILES string of the molecule is Cn1cc(CO[Si](C)(C)C(C)(C)C)nc1C(c1cccc([N+](=O)[O-])c1)C1CCC1. The Morgan fingerprint density at radius 2 is 2.03 bits per heavy atom. The van der Waals surface area contributed by atoms with Crippen LogP contribution in [0.3, 0.4) is 0 Å². The number of aryl methyl sites for hydroxylation is 1. The van der Waals surface area contributed by atoms with Crippen LogP contribution in [0.5, 0.6) is 0 Å². The number of benzene rings is 1. The van der Waals surface area contributed by atoms with Gasteiger partial charge in [-0.05, 0) is 42.5 Å². The quantitative estimate of drug-likeness (QED) is 0.326. The molecule has 0 N–H and O–H groups in total. The summed E-state index contributed by atoms with van der Waals surface area (Å²) in [5.41, 5.74) is 2.05. The molecule has 29 heavy (non-hydrogen) atoms. The first-order valence-corrected chi connectivity index (χ1v) is 13.3. The van der Waals surface area contributed by atoms with Crippen molar-refractivity contribution in [3.05, 3.63) is 57.7 Å². The minimum atomic E-state index is -1.85. The van der Waals surface area contributed by atoms with Crippen LogP contribution in [0.2, 0.25) is 18.1 Å². The zero-order valence-corrected chi connectivity index (χ0v) is 19.4. The number of imidazole rings is 1. The van der Waals surface area contributed by atoms with E-state index in [0.717, 1.165) is 29.9 Å². The highest BCUT2D eigenvalue weighted by Gasteiger charge is 2.38. The highest BCUT2D eigenvalue weighted by atomic mass is 28.4. The van der Waals surface area contributed by atoms with Crippen molar-refractivity contribution in [1.29, 1.82) is 0 Å². The lowest BCUT2D eigenvalue weighted by Crippen LogP contribution is -2.40. The van der Waals surface area contributed by atoms with Gasteiger partial charge in [0.25, 0.3) is 5.69 Å². The van der Waals surface area contributed by atoms with Crippen LogP contribution in [0.25, 0.3) is 0 Å². The van der Waals surface area contributed by atoms with Gasteiger partial charge >= 0.3 is 0 Å². The van der Waals surface area contributed by atoms with Crippen molar-refractivity contribution in [3.63, 3.8) is 0 Å². The lowest BCUT2D eigenvalue weighted by Gasteiger charge is -2.35. The number of non-ortho nitro benzene ring substituents is 1. The van der Waals surface area contributed by atoms with E-state index in [4.69, 9.17) is 9.41 Å². The fourth-order valence-electron chi connectivity index (χ4n) is 3.61. The number of nitro groups is 1. The van der Waals surface area contributed by atoms with Crippen LogP contribution in [-0.2, 0) is 18.1 Å². The van der Waals surface area contributed by atoms with E-state index in [1.807, 2.05) is 19.3 Å². The molecular formula is C22H33N3O3Si. The Kier molecular flexibility index (Phi) is 6.01. The number of nitro benzene ring substituents is 1. The molecule has 1 heterocycles. The molecule has 1 saturated carbocycles. The van der Waals surface area contributed by atoms with E-state index in [2.05, 4.69) is 38.4 Å². The molecule has 0 amide bonds. The molecule has 158 valence electrons. The molecular weight excluding hydrogens is 382 g/mol. The molecule has 0 radical (unpaired) electrons. The summed E-state index contributed by atoms with van der Waals surface area (Å²) >= 11 is 0. The van der Waals surface area contributed by atoms with Crippen molar-refractivity contribution in [3.8, 4) is 0 Å². The van der Waals surface area contributed by atoms with Crippen LogP contribution in [-0.4, -0.2) is 22.8 Å². The Labute approximate surface area is 174 Å². The van der Waals surface area contributed by atoms with Gasteiger partial charge in [0.15, 0.2) is 8.32 Å². The summed E-state index contributed by atoms with van der Waals surface area (Å²) in [6.45, 7) is 11.7. The Morgan fingerprint density at radius 1 is 1.34 bits per heavy atom. The third-order valence-electron chi connectivity index (χ3n) is 6.69. The Hall–Kier alpha value is -1.99. The number of hydrogen-bond acceptors (Lipinski definition) is 4. The van der Waals surface area contributed by atoms with Gasteiger partial charge in [0.05, 0.1) is 17.2 Å². The van der Waals surface area contributed by atoms with Gasteiger partial charge in [-0.15, -0.1) is 0 Å². The summed E-state index contributed by atoms with van der Waals surface area (Å²) in [6.07, 6.45) is 5.53. The van der Waals surface area contributed by atoms with Crippen LogP contribution in [0, 0.1) is 16.0 Å². The maximum Gasteiger partial charge on any atom is 0.269 e. The smallest absolute Gasteiger partial charge is 0.269 e. The molecule has 1 fully saturated rings. The molecule has 0 bridgehead atoms. The summed E-state index contributed by atoms with van der Waals surface area (Å²) < 4.78 is 8.43. The van der Waals surface area contributed by atoms with Gasteiger partial charge in [0, 0.05) is 31.3 Å². The van der Waals surface area contributed by atoms with Crippen LogP contribution >= 0.6 is 0 Å². The predicted molar refractivity (Wildman–Crippen MR) is 117 cm³/mol. The Balaban J connectivity index is 1.88. The fraction of sp³-hybridized carbons (Fsp3) is 0.591. The fourth-order valence-corrected chi connectivity index (χ4v) is 4.55. The number of nitrogens with zero attached hydrogens (tertiary/aromatic N) is 3. The summed E-state index contributed by atoms with van der Waals surface area (Å²) in [6, 6.07) is 7.04. The largest absolute Gasteiger partial charge is 0.411 e. The molecule has 1 unspecified atom stereocenters. The van der Waals surface area contributed by atoms with E-state index in [9.17, 15) is 10.1 Å². The standard InChI is InChI=1S/C22H33N3O3Si/c1-22(2,3)29(5,6)28-15-18-14-24(4)21(23-18)20(16-9-7-10-16)17-11-8-12-19(13-17)25(26)27/h8,11-14,16,20H,7,9-10,15H2,1-6H3. The van der Waals surface area contributed by atoms with Gasteiger partial charge in [-0.3, -0.25) is 10.1 Å². The minimum absolute atomic E-state index is 0.0790. The summed E-state index contributed by atoms with van der Waals surface area (Å²) in [4.78, 5) is 15.9. The summed E-state index contributed by atoms with van der Waals surface area (Å²) in [5, 5.41) is 11.4. The highest BCUT2D eigenvalue weighted by Crippen LogP contribution is 2.43. The molecule has 0 spiro atoms. The molecule has 3 rings (SSSR count). The first kappa shape index (κ1) is 21.7. The molecule has 2 aromatic rings. The zero-order chi connectivity index (χ0) is 21.4. The highest BCUT2D eigenvalue weighted by molar-refractivity contribution is 6.74. The molecule has 0 aliphatic heterocycles. The number of aromatic nitrogens is 2. The van der Waals surface area contributed by atoms with Crippen molar-refractivity contribution in [2.75, 3.05) is 0 Å². The molecule has 0 saturated heterocycles. The van der Waals surface area contributed by atoms with Crippen LogP contribution in [0.4, 0.5) is 5.69 Å². The first-order chi connectivity index (χ1) is 13.5. The second-order valence-electron chi connectivity index (χ2n) is 9.77. The Bertz CT molecular complexity index is 882. The second kappa shape index (κ2) is 8.03. The van der Waals surface area contributed by atoms with Gasteiger partial charge in [0.2, 0.25) is 0 Å². The van der Waals surface area contributed by atoms with Crippen molar-refractivity contribution >= 4 is 14.0 Å². The normalized spacial score (nSPS) is 16.5. The van der Waals surface area contributed by atoms with Crippen molar-refractivity contribution in [2.24, 2.45) is 13.0 Å². The molecule has 1 aromatic carbocycles. The van der Waals surface area contributed by atoms with Gasteiger partial charge in [-0.2, -0.15) is 0 Å². The third-order valence-corrected chi connectivity index (χ3v) is 11.2. The van der Waals surface area contributed by atoms with E-state index >= 15 is 0 Å². The second-order valence-corrected chi connectivity index (χ2v) is 14.6. The number of hydrogen-bond donors (Lipinski definition) is 0. The van der Waals surface area contributed by atoms with E-state index in [0.29, 0.717) is 12.5 Å². The predicted octanol–water partition coefficient (Wildman–Crippen LogP) is 5.78. The molecule has 1 aliphatic rings.